The molecular formula is C24H27N5O. The summed E-state index contributed by atoms with van der Waals surface area (Å²) in [6, 6.07) is 10.8. The van der Waals surface area contributed by atoms with Crippen LogP contribution in [0, 0.1) is 5.41 Å². The average Bonchev–Trinajstić information content (AvgIpc) is 3.07. The number of likely N-dealkylation sites (tertiary alicyclic amines) is 1. The van der Waals surface area contributed by atoms with Gasteiger partial charge in [-0.1, -0.05) is 18.2 Å². The average molecular weight is 402 g/mol. The molecule has 3 aliphatic rings. The molecule has 1 saturated carbocycles. The molecule has 0 bridgehead atoms. The van der Waals surface area contributed by atoms with Crippen LogP contribution in [0.5, 0.6) is 0 Å². The maximum atomic E-state index is 13.0. The molecule has 0 radical (unpaired) electrons. The lowest BCUT2D eigenvalue weighted by atomic mass is 9.93. The predicted molar refractivity (Wildman–Crippen MR) is 113 cm³/mol. The summed E-state index contributed by atoms with van der Waals surface area (Å²) in [6.07, 6.45) is 10.3. The quantitative estimate of drug-likeness (QED) is 0.675. The lowest BCUT2D eigenvalue weighted by molar-refractivity contribution is -0.130. The molecule has 30 heavy (non-hydrogen) atoms. The maximum Gasteiger partial charge on any atom is 0.226 e. The molecule has 1 amide bonds. The van der Waals surface area contributed by atoms with Gasteiger partial charge in [-0.2, -0.15) is 5.10 Å². The van der Waals surface area contributed by atoms with E-state index in [1.807, 2.05) is 6.07 Å². The molecule has 1 saturated heterocycles. The number of benzene rings is 1. The summed E-state index contributed by atoms with van der Waals surface area (Å²) < 4.78 is 1.77. The van der Waals surface area contributed by atoms with Crippen LogP contribution in [0.15, 0.2) is 36.7 Å². The van der Waals surface area contributed by atoms with Crippen molar-refractivity contribution in [2.24, 2.45) is 5.41 Å². The summed E-state index contributed by atoms with van der Waals surface area (Å²) in [7, 11) is 0. The van der Waals surface area contributed by atoms with Gasteiger partial charge in [-0.3, -0.25) is 4.79 Å². The van der Waals surface area contributed by atoms with Crippen molar-refractivity contribution in [3.05, 3.63) is 59.0 Å². The molecule has 0 N–H and O–H groups in total. The molecular weight excluding hydrogens is 374 g/mol. The first kappa shape index (κ1) is 18.0. The first-order chi connectivity index (χ1) is 14.7. The van der Waals surface area contributed by atoms with Crippen LogP contribution < -0.4 is 0 Å². The molecule has 6 heteroatoms. The van der Waals surface area contributed by atoms with Gasteiger partial charge in [-0.05, 0) is 79.2 Å². The van der Waals surface area contributed by atoms with E-state index in [1.165, 1.54) is 48.8 Å². The van der Waals surface area contributed by atoms with Gasteiger partial charge in [0.1, 0.15) is 6.33 Å². The Morgan fingerprint density at radius 2 is 2.00 bits per heavy atom. The number of nitrogens with zero attached hydrogens (tertiary/aromatic N) is 5. The van der Waals surface area contributed by atoms with E-state index >= 15 is 0 Å². The zero-order valence-corrected chi connectivity index (χ0v) is 17.3. The number of carbonyl (C=O) groups is 1. The van der Waals surface area contributed by atoms with E-state index in [9.17, 15) is 4.79 Å². The number of aromatic nitrogens is 4. The topological polar surface area (TPSA) is 63.4 Å². The largest absolute Gasteiger partial charge is 0.342 e. The number of amides is 1. The molecule has 3 aromatic rings. The first-order valence-electron chi connectivity index (χ1n) is 11.3. The van der Waals surface area contributed by atoms with Gasteiger partial charge in [0.05, 0.1) is 12.1 Å². The molecule has 154 valence electrons. The first-order valence-corrected chi connectivity index (χ1v) is 11.3. The molecule has 6 rings (SSSR count). The molecule has 2 aromatic heterocycles. The number of fused-ring (bicyclic) bond motifs is 2. The van der Waals surface area contributed by atoms with Crippen LogP contribution in [0.25, 0.3) is 5.65 Å². The van der Waals surface area contributed by atoms with Crippen LogP contribution in [0.3, 0.4) is 0 Å². The summed E-state index contributed by atoms with van der Waals surface area (Å²) in [5.74, 6) is 0.780. The number of hydrogen-bond acceptors (Lipinski definition) is 4. The van der Waals surface area contributed by atoms with Crippen molar-refractivity contribution >= 4 is 11.6 Å². The summed E-state index contributed by atoms with van der Waals surface area (Å²) in [5.41, 5.74) is 6.35. The zero-order chi connectivity index (χ0) is 20.1. The minimum atomic E-state index is 0.284. The second-order valence-corrected chi connectivity index (χ2v) is 9.38. The van der Waals surface area contributed by atoms with Gasteiger partial charge in [-0.25, -0.2) is 4.52 Å². The van der Waals surface area contributed by atoms with Gasteiger partial charge < -0.3 is 4.90 Å². The second-order valence-electron chi connectivity index (χ2n) is 9.38. The highest BCUT2D eigenvalue weighted by atomic mass is 16.2. The minimum absolute atomic E-state index is 0.284. The van der Waals surface area contributed by atoms with Gasteiger partial charge in [-0.15, -0.1) is 10.2 Å². The van der Waals surface area contributed by atoms with E-state index in [-0.39, 0.29) is 5.91 Å². The molecule has 2 fully saturated rings. The lowest BCUT2D eigenvalue weighted by Gasteiger charge is -2.21. The van der Waals surface area contributed by atoms with Crippen LogP contribution in [-0.4, -0.2) is 43.7 Å². The minimum Gasteiger partial charge on any atom is -0.342 e. The number of hydrogen-bond donors (Lipinski definition) is 0. The number of rotatable bonds is 3. The number of carbonyl (C=O) groups excluding carboxylic acids is 1. The fourth-order valence-electron chi connectivity index (χ4n) is 5.73. The van der Waals surface area contributed by atoms with Crippen LogP contribution in [0.2, 0.25) is 0 Å². The lowest BCUT2D eigenvalue weighted by Crippen LogP contribution is -2.33. The summed E-state index contributed by atoms with van der Waals surface area (Å²) >= 11 is 0. The molecule has 3 heterocycles. The van der Waals surface area contributed by atoms with Crippen LogP contribution in [-0.2, 0) is 24.1 Å². The molecule has 2 unspecified atom stereocenters. The van der Waals surface area contributed by atoms with Gasteiger partial charge in [0.15, 0.2) is 5.65 Å². The molecule has 1 aliphatic heterocycles. The van der Waals surface area contributed by atoms with Crippen molar-refractivity contribution in [1.82, 2.24) is 24.7 Å². The van der Waals surface area contributed by atoms with Crippen molar-refractivity contribution in [2.45, 2.75) is 57.3 Å². The van der Waals surface area contributed by atoms with Crippen molar-refractivity contribution < 1.29 is 4.79 Å². The summed E-state index contributed by atoms with van der Waals surface area (Å²) in [6.45, 7) is 1.76. The standard InChI is InChI=1S/C24H27N5O/c30-23(14-17-5-6-18-3-1-4-19(18)13-17)28-11-2-9-24(10-12-28)15-20(24)21-7-8-22-26-25-16-29(22)27-21/h5-8,13,16,20H,1-4,9-12,14-15H2. The van der Waals surface area contributed by atoms with Crippen molar-refractivity contribution in [2.75, 3.05) is 13.1 Å². The summed E-state index contributed by atoms with van der Waals surface area (Å²) in [4.78, 5) is 15.1. The van der Waals surface area contributed by atoms with Gasteiger partial charge in [0.25, 0.3) is 0 Å². The molecule has 1 spiro atoms. The van der Waals surface area contributed by atoms with E-state index in [4.69, 9.17) is 5.10 Å². The van der Waals surface area contributed by atoms with Crippen molar-refractivity contribution in [3.8, 4) is 0 Å². The Morgan fingerprint density at radius 1 is 1.07 bits per heavy atom. The normalized spacial score (nSPS) is 25.5. The highest BCUT2D eigenvalue weighted by molar-refractivity contribution is 5.79. The van der Waals surface area contributed by atoms with Crippen molar-refractivity contribution in [1.29, 1.82) is 0 Å². The highest BCUT2D eigenvalue weighted by Crippen LogP contribution is 2.64. The SMILES string of the molecule is O=C(Cc1ccc2c(c1)CCC2)N1CCCC2(CC1)CC2c1ccc2nncn2n1. The van der Waals surface area contributed by atoms with E-state index in [0.717, 1.165) is 37.3 Å². The molecule has 2 atom stereocenters. The van der Waals surface area contributed by atoms with Gasteiger partial charge in [0.2, 0.25) is 5.91 Å². The van der Waals surface area contributed by atoms with E-state index in [2.05, 4.69) is 39.4 Å². The monoisotopic (exact) mass is 401 g/mol. The maximum absolute atomic E-state index is 13.0. The van der Waals surface area contributed by atoms with E-state index in [1.54, 1.807) is 10.8 Å². The Kier molecular flexibility index (Phi) is 4.15. The zero-order valence-electron chi connectivity index (χ0n) is 17.3. The third-order valence-electron chi connectivity index (χ3n) is 7.58. The Balaban J connectivity index is 1.12. The van der Waals surface area contributed by atoms with Crippen LogP contribution in [0.1, 0.15) is 60.4 Å². The molecule has 1 aromatic carbocycles. The van der Waals surface area contributed by atoms with Crippen LogP contribution in [0.4, 0.5) is 0 Å². The fraction of sp³-hybridized carbons (Fsp3) is 0.500. The number of aryl methyl sites for hydroxylation is 2. The summed E-state index contributed by atoms with van der Waals surface area (Å²) in [5, 5.41) is 12.7. The van der Waals surface area contributed by atoms with E-state index in [0.29, 0.717) is 17.8 Å². The Hall–Kier alpha value is -2.76. The highest BCUT2D eigenvalue weighted by Gasteiger charge is 2.55. The van der Waals surface area contributed by atoms with E-state index < -0.39 is 0 Å². The molecule has 6 nitrogen and oxygen atoms in total. The molecule has 2 aliphatic carbocycles. The Labute approximate surface area is 176 Å². The Morgan fingerprint density at radius 3 is 2.97 bits per heavy atom. The van der Waals surface area contributed by atoms with Gasteiger partial charge >= 0.3 is 0 Å². The fourth-order valence-corrected chi connectivity index (χ4v) is 5.73. The second kappa shape index (κ2) is 6.89. The van der Waals surface area contributed by atoms with Crippen molar-refractivity contribution in [3.63, 3.8) is 0 Å². The third-order valence-corrected chi connectivity index (χ3v) is 7.58. The smallest absolute Gasteiger partial charge is 0.226 e. The predicted octanol–water partition coefficient (Wildman–Crippen LogP) is 3.34. The van der Waals surface area contributed by atoms with Crippen LogP contribution >= 0.6 is 0 Å². The Bertz CT molecular complexity index is 1120. The third kappa shape index (κ3) is 3.09. The van der Waals surface area contributed by atoms with Gasteiger partial charge in [0, 0.05) is 19.0 Å².